The quantitative estimate of drug-likeness (QED) is 0.929. The van der Waals surface area contributed by atoms with Gasteiger partial charge >= 0.3 is 0 Å². The summed E-state index contributed by atoms with van der Waals surface area (Å²) in [6.45, 7) is 1.69. The Labute approximate surface area is 126 Å². The lowest BCUT2D eigenvalue weighted by molar-refractivity contribution is -0.0159. The third-order valence-corrected chi connectivity index (χ3v) is 6.26. The molecule has 1 fully saturated rings. The standard InChI is InChI=1S/C16H23FO3S/c1-16(18,11-12-6-3-4-9-15(12)17)13-7-5-8-14(10-13)21(2,19)20/h3-4,6,9,13-14,18H,5,7-8,10-11H2,1-2H3. The van der Waals surface area contributed by atoms with Crippen LogP contribution in [-0.4, -0.2) is 30.6 Å². The van der Waals surface area contributed by atoms with Crippen LogP contribution in [0.5, 0.6) is 0 Å². The maximum Gasteiger partial charge on any atom is 0.150 e. The highest BCUT2D eigenvalue weighted by Crippen LogP contribution is 2.37. The molecule has 1 aromatic rings. The fourth-order valence-corrected chi connectivity index (χ4v) is 4.45. The van der Waals surface area contributed by atoms with Gasteiger partial charge in [0, 0.05) is 12.7 Å². The number of hydrogen-bond donors (Lipinski definition) is 1. The molecule has 21 heavy (non-hydrogen) atoms. The Morgan fingerprint density at radius 2 is 2.00 bits per heavy atom. The van der Waals surface area contributed by atoms with E-state index in [-0.39, 0.29) is 23.4 Å². The second-order valence-corrected chi connectivity index (χ2v) is 8.77. The lowest BCUT2D eigenvalue weighted by Crippen LogP contribution is -2.42. The lowest BCUT2D eigenvalue weighted by Gasteiger charge is -2.38. The van der Waals surface area contributed by atoms with Crippen molar-refractivity contribution in [2.24, 2.45) is 5.92 Å². The van der Waals surface area contributed by atoms with Gasteiger partial charge in [0.15, 0.2) is 0 Å². The van der Waals surface area contributed by atoms with E-state index < -0.39 is 15.4 Å². The minimum absolute atomic E-state index is 0.120. The van der Waals surface area contributed by atoms with Gasteiger partial charge < -0.3 is 5.11 Å². The van der Waals surface area contributed by atoms with Gasteiger partial charge in [-0.1, -0.05) is 24.6 Å². The highest BCUT2D eigenvalue weighted by molar-refractivity contribution is 7.91. The second-order valence-electron chi connectivity index (χ2n) is 6.44. The number of benzene rings is 1. The summed E-state index contributed by atoms with van der Waals surface area (Å²) in [6.07, 6.45) is 4.15. The Bertz CT molecular complexity index is 595. The monoisotopic (exact) mass is 314 g/mol. The Kier molecular flexibility index (Phi) is 4.73. The summed E-state index contributed by atoms with van der Waals surface area (Å²) in [6, 6.07) is 6.41. The molecule has 1 aliphatic rings. The molecule has 2 rings (SSSR count). The van der Waals surface area contributed by atoms with Crippen LogP contribution in [0.2, 0.25) is 0 Å². The molecule has 3 atom stereocenters. The van der Waals surface area contributed by atoms with Gasteiger partial charge in [-0.3, -0.25) is 0 Å². The van der Waals surface area contributed by atoms with E-state index in [1.807, 2.05) is 0 Å². The van der Waals surface area contributed by atoms with E-state index in [0.29, 0.717) is 18.4 Å². The number of halogens is 1. The molecule has 3 unspecified atom stereocenters. The first-order valence-corrected chi connectivity index (χ1v) is 9.30. The molecular weight excluding hydrogens is 291 g/mol. The first-order chi connectivity index (χ1) is 9.70. The molecule has 1 saturated carbocycles. The Morgan fingerprint density at radius 3 is 2.62 bits per heavy atom. The molecule has 0 spiro atoms. The average Bonchev–Trinajstić information content (AvgIpc) is 2.40. The molecule has 3 nitrogen and oxygen atoms in total. The molecule has 0 aliphatic heterocycles. The van der Waals surface area contributed by atoms with Crippen molar-refractivity contribution in [3.05, 3.63) is 35.6 Å². The fraction of sp³-hybridized carbons (Fsp3) is 0.625. The van der Waals surface area contributed by atoms with E-state index in [2.05, 4.69) is 0 Å². The molecule has 0 amide bonds. The number of rotatable bonds is 4. The molecule has 1 aromatic carbocycles. The van der Waals surface area contributed by atoms with Crippen molar-refractivity contribution in [3.8, 4) is 0 Å². The van der Waals surface area contributed by atoms with Crippen LogP contribution in [0, 0.1) is 11.7 Å². The summed E-state index contributed by atoms with van der Waals surface area (Å²) >= 11 is 0. The third kappa shape index (κ3) is 4.04. The van der Waals surface area contributed by atoms with E-state index in [9.17, 15) is 17.9 Å². The van der Waals surface area contributed by atoms with E-state index in [0.717, 1.165) is 12.8 Å². The largest absolute Gasteiger partial charge is 0.390 e. The zero-order valence-corrected chi connectivity index (χ0v) is 13.4. The van der Waals surface area contributed by atoms with Crippen LogP contribution in [-0.2, 0) is 16.3 Å². The minimum Gasteiger partial charge on any atom is -0.390 e. The molecule has 118 valence electrons. The third-order valence-electron chi connectivity index (χ3n) is 4.62. The molecule has 0 aromatic heterocycles. The van der Waals surface area contributed by atoms with Crippen LogP contribution in [0.3, 0.4) is 0 Å². The van der Waals surface area contributed by atoms with Gasteiger partial charge in [-0.25, -0.2) is 12.8 Å². The van der Waals surface area contributed by atoms with Crippen molar-refractivity contribution in [1.82, 2.24) is 0 Å². The second kappa shape index (κ2) is 6.05. The van der Waals surface area contributed by atoms with Gasteiger partial charge in [0.1, 0.15) is 15.7 Å². The van der Waals surface area contributed by atoms with Crippen LogP contribution in [0.4, 0.5) is 4.39 Å². The number of hydrogen-bond acceptors (Lipinski definition) is 3. The topological polar surface area (TPSA) is 54.4 Å². The van der Waals surface area contributed by atoms with Crippen molar-refractivity contribution >= 4 is 9.84 Å². The maximum absolute atomic E-state index is 13.7. The normalized spacial score (nSPS) is 26.3. The summed E-state index contributed by atoms with van der Waals surface area (Å²) in [5.74, 6) is -0.446. The summed E-state index contributed by atoms with van der Waals surface area (Å²) < 4.78 is 37.2. The van der Waals surface area contributed by atoms with Crippen molar-refractivity contribution in [2.45, 2.75) is 49.9 Å². The maximum atomic E-state index is 13.7. The molecule has 0 radical (unpaired) electrons. The molecule has 0 heterocycles. The predicted octanol–water partition coefficient (Wildman–Crippen LogP) is 2.72. The van der Waals surface area contributed by atoms with E-state index in [1.165, 1.54) is 12.3 Å². The van der Waals surface area contributed by atoms with Gasteiger partial charge in [-0.2, -0.15) is 0 Å². The van der Waals surface area contributed by atoms with Crippen molar-refractivity contribution < 1.29 is 17.9 Å². The van der Waals surface area contributed by atoms with Crippen LogP contribution in [0.25, 0.3) is 0 Å². The lowest BCUT2D eigenvalue weighted by atomic mass is 9.75. The molecule has 1 aliphatic carbocycles. The average molecular weight is 314 g/mol. The first-order valence-electron chi connectivity index (χ1n) is 7.35. The molecule has 0 bridgehead atoms. The van der Waals surface area contributed by atoms with Gasteiger partial charge in [-0.05, 0) is 43.7 Å². The number of aliphatic hydroxyl groups is 1. The highest BCUT2D eigenvalue weighted by atomic mass is 32.2. The van der Waals surface area contributed by atoms with Crippen LogP contribution >= 0.6 is 0 Å². The van der Waals surface area contributed by atoms with Gasteiger partial charge in [0.05, 0.1) is 10.9 Å². The SMILES string of the molecule is CC(O)(Cc1ccccc1F)C1CCCC(S(C)(=O)=O)C1. The highest BCUT2D eigenvalue weighted by Gasteiger charge is 2.39. The van der Waals surface area contributed by atoms with Gasteiger partial charge in [-0.15, -0.1) is 0 Å². The zero-order chi connectivity index (χ0) is 15.7. The Morgan fingerprint density at radius 1 is 1.33 bits per heavy atom. The van der Waals surface area contributed by atoms with E-state index >= 15 is 0 Å². The first kappa shape index (κ1) is 16.4. The predicted molar refractivity (Wildman–Crippen MR) is 81.3 cm³/mol. The van der Waals surface area contributed by atoms with Crippen LogP contribution in [0.1, 0.15) is 38.2 Å². The van der Waals surface area contributed by atoms with Crippen molar-refractivity contribution in [3.63, 3.8) is 0 Å². The Hall–Kier alpha value is -0.940. The molecular formula is C16H23FO3S. The molecule has 1 N–H and O–H groups in total. The number of sulfone groups is 1. The summed E-state index contributed by atoms with van der Waals surface area (Å²) in [7, 11) is -3.09. The molecule has 5 heteroatoms. The molecule has 0 saturated heterocycles. The van der Waals surface area contributed by atoms with Gasteiger partial charge in [0.25, 0.3) is 0 Å². The zero-order valence-electron chi connectivity index (χ0n) is 12.5. The fourth-order valence-electron chi connectivity index (χ4n) is 3.27. The van der Waals surface area contributed by atoms with Crippen molar-refractivity contribution in [2.75, 3.05) is 6.26 Å². The van der Waals surface area contributed by atoms with Crippen molar-refractivity contribution in [1.29, 1.82) is 0 Å². The van der Waals surface area contributed by atoms with E-state index in [1.54, 1.807) is 25.1 Å². The van der Waals surface area contributed by atoms with E-state index in [4.69, 9.17) is 0 Å². The van der Waals surface area contributed by atoms with Crippen LogP contribution in [0.15, 0.2) is 24.3 Å². The summed E-state index contributed by atoms with van der Waals surface area (Å²) in [5.41, 5.74) is -0.616. The smallest absolute Gasteiger partial charge is 0.150 e. The van der Waals surface area contributed by atoms with Crippen LogP contribution < -0.4 is 0 Å². The van der Waals surface area contributed by atoms with Gasteiger partial charge in [0.2, 0.25) is 0 Å². The Balaban J connectivity index is 2.14. The summed E-state index contributed by atoms with van der Waals surface area (Å²) in [5, 5.41) is 10.4. The summed E-state index contributed by atoms with van der Waals surface area (Å²) in [4.78, 5) is 0. The minimum atomic E-state index is -3.09.